The Labute approximate surface area is 97.0 Å². The number of rotatable bonds is 0. The number of pyridine rings is 1. The number of aromatic hydroxyl groups is 1. The Balaban J connectivity index is 2.22. The molecule has 17 heavy (non-hydrogen) atoms. The zero-order valence-electron chi connectivity index (χ0n) is 8.94. The van der Waals surface area contributed by atoms with E-state index in [1.807, 2.05) is 30.3 Å². The molecule has 2 heterocycles. The standard InChI is InChI=1S/C13H9N3O/c17-12-9-4-2-1-3-8(9)11-10(12)5-7-6-14-16-13(7)15-11/h1-5,15,17H,6H2. The lowest BCUT2D eigenvalue weighted by Gasteiger charge is -2.04. The Hall–Kier alpha value is -2.36. The summed E-state index contributed by atoms with van der Waals surface area (Å²) in [6.45, 7) is 0.586. The van der Waals surface area contributed by atoms with E-state index in [2.05, 4.69) is 15.2 Å². The molecule has 0 saturated heterocycles. The molecule has 2 aliphatic heterocycles. The maximum atomic E-state index is 10.2. The molecular formula is C13H9N3O. The molecule has 4 heteroatoms. The molecule has 0 bridgehead atoms. The van der Waals surface area contributed by atoms with Gasteiger partial charge in [-0.05, 0) is 6.07 Å². The molecule has 0 spiro atoms. The van der Waals surface area contributed by atoms with Crippen LogP contribution in [0.25, 0.3) is 22.0 Å². The minimum absolute atomic E-state index is 0.335. The van der Waals surface area contributed by atoms with Crippen LogP contribution in [0.3, 0.4) is 0 Å². The van der Waals surface area contributed by atoms with E-state index in [4.69, 9.17) is 0 Å². The molecule has 0 radical (unpaired) electrons. The summed E-state index contributed by atoms with van der Waals surface area (Å²) in [5.41, 5.74) is 2.80. The number of benzene rings is 1. The first-order valence-electron chi connectivity index (χ1n) is 5.47. The second-order valence-corrected chi connectivity index (χ2v) is 4.23. The molecule has 1 aromatic rings. The summed E-state index contributed by atoms with van der Waals surface area (Å²) in [4.78, 5) is 3.25. The van der Waals surface area contributed by atoms with Gasteiger partial charge in [-0.3, -0.25) is 0 Å². The van der Waals surface area contributed by atoms with Crippen molar-refractivity contribution in [2.24, 2.45) is 10.2 Å². The van der Waals surface area contributed by atoms with Crippen LogP contribution in [0, 0.1) is 0 Å². The molecule has 3 aliphatic rings. The maximum absolute atomic E-state index is 10.2. The van der Waals surface area contributed by atoms with Crippen LogP contribution in [0.1, 0.15) is 5.56 Å². The number of aromatic nitrogens is 1. The van der Waals surface area contributed by atoms with Crippen LogP contribution in [0.15, 0.2) is 40.6 Å². The molecule has 0 amide bonds. The van der Waals surface area contributed by atoms with Crippen LogP contribution < -0.4 is 0 Å². The SMILES string of the molecule is Oc1c2cc3c([nH]c-2c2ccccc12)N=NC3. The van der Waals surface area contributed by atoms with Crippen molar-refractivity contribution in [3.8, 4) is 17.0 Å². The van der Waals surface area contributed by atoms with Crippen LogP contribution in [0.2, 0.25) is 0 Å². The van der Waals surface area contributed by atoms with Gasteiger partial charge >= 0.3 is 0 Å². The number of nitrogens with zero attached hydrogens (tertiary/aromatic N) is 2. The van der Waals surface area contributed by atoms with E-state index in [1.54, 1.807) is 0 Å². The number of aromatic amines is 1. The third-order valence-electron chi connectivity index (χ3n) is 3.25. The highest BCUT2D eigenvalue weighted by Crippen LogP contribution is 2.45. The van der Waals surface area contributed by atoms with E-state index in [0.717, 1.165) is 33.4 Å². The number of H-pyrrole nitrogens is 1. The van der Waals surface area contributed by atoms with Crippen LogP contribution in [-0.4, -0.2) is 10.1 Å². The highest BCUT2D eigenvalue weighted by molar-refractivity contribution is 6.07. The number of azo groups is 1. The number of hydrogen-bond acceptors (Lipinski definition) is 3. The van der Waals surface area contributed by atoms with Crippen LogP contribution in [-0.2, 0) is 6.54 Å². The van der Waals surface area contributed by atoms with Crippen molar-refractivity contribution in [1.29, 1.82) is 0 Å². The lowest BCUT2D eigenvalue weighted by atomic mass is 10.1. The summed E-state index contributed by atoms with van der Waals surface area (Å²) in [5, 5.41) is 20.1. The van der Waals surface area contributed by atoms with Gasteiger partial charge in [0, 0.05) is 21.9 Å². The lowest BCUT2D eigenvalue weighted by molar-refractivity contribution is 0.484. The maximum Gasteiger partial charge on any atom is 0.157 e. The predicted octanol–water partition coefficient (Wildman–Crippen LogP) is 3.58. The summed E-state index contributed by atoms with van der Waals surface area (Å²) in [6.07, 6.45) is 0. The Morgan fingerprint density at radius 2 is 2.00 bits per heavy atom. The first kappa shape index (κ1) is 8.75. The summed E-state index contributed by atoms with van der Waals surface area (Å²) in [5.74, 6) is 1.13. The van der Waals surface area contributed by atoms with Crippen molar-refractivity contribution in [3.05, 3.63) is 35.9 Å². The fraction of sp³-hybridized carbons (Fsp3) is 0.0769. The van der Waals surface area contributed by atoms with E-state index in [-0.39, 0.29) is 0 Å². The molecule has 0 unspecified atom stereocenters. The van der Waals surface area contributed by atoms with Crippen molar-refractivity contribution in [2.75, 3.05) is 0 Å². The number of nitrogens with one attached hydrogen (secondary N) is 1. The third kappa shape index (κ3) is 1.02. The van der Waals surface area contributed by atoms with Gasteiger partial charge in [0.15, 0.2) is 5.82 Å². The minimum Gasteiger partial charge on any atom is -0.507 e. The highest BCUT2D eigenvalue weighted by atomic mass is 16.3. The Kier molecular flexibility index (Phi) is 1.47. The van der Waals surface area contributed by atoms with Gasteiger partial charge in [-0.2, -0.15) is 5.11 Å². The molecule has 0 saturated carbocycles. The van der Waals surface area contributed by atoms with Crippen molar-refractivity contribution >= 4 is 16.6 Å². The van der Waals surface area contributed by atoms with Gasteiger partial charge in [-0.15, -0.1) is 5.11 Å². The highest BCUT2D eigenvalue weighted by Gasteiger charge is 2.21. The Bertz CT molecular complexity index is 742. The topological polar surface area (TPSA) is 60.7 Å². The second-order valence-electron chi connectivity index (χ2n) is 4.23. The molecular weight excluding hydrogens is 214 g/mol. The first-order chi connectivity index (χ1) is 8.34. The normalized spacial score (nSPS) is 13.6. The summed E-state index contributed by atoms with van der Waals surface area (Å²) < 4.78 is 0. The van der Waals surface area contributed by atoms with Crippen LogP contribution in [0.5, 0.6) is 5.75 Å². The van der Waals surface area contributed by atoms with Crippen molar-refractivity contribution in [2.45, 2.75) is 6.54 Å². The fourth-order valence-corrected chi connectivity index (χ4v) is 2.42. The van der Waals surface area contributed by atoms with E-state index < -0.39 is 0 Å². The van der Waals surface area contributed by atoms with Crippen molar-refractivity contribution < 1.29 is 5.11 Å². The van der Waals surface area contributed by atoms with Gasteiger partial charge in [-0.1, -0.05) is 24.3 Å². The molecule has 0 atom stereocenters. The Morgan fingerprint density at radius 3 is 2.88 bits per heavy atom. The molecule has 4 rings (SSSR count). The number of hydrogen-bond donors (Lipinski definition) is 2. The van der Waals surface area contributed by atoms with Crippen LogP contribution >= 0.6 is 0 Å². The quantitative estimate of drug-likeness (QED) is 0.601. The monoisotopic (exact) mass is 223 g/mol. The zero-order chi connectivity index (χ0) is 11.4. The molecule has 2 N–H and O–H groups in total. The molecule has 82 valence electrons. The van der Waals surface area contributed by atoms with Gasteiger partial charge in [0.1, 0.15) is 5.75 Å². The summed E-state index contributed by atoms with van der Waals surface area (Å²) in [7, 11) is 0. The van der Waals surface area contributed by atoms with E-state index in [9.17, 15) is 5.11 Å². The molecule has 0 aromatic heterocycles. The summed E-state index contributed by atoms with van der Waals surface area (Å²) >= 11 is 0. The number of fused-ring (bicyclic) bond motifs is 4. The van der Waals surface area contributed by atoms with Gasteiger partial charge in [-0.25, -0.2) is 0 Å². The molecule has 1 aromatic carbocycles. The minimum atomic E-state index is 0.335. The fourth-order valence-electron chi connectivity index (χ4n) is 2.42. The lowest BCUT2D eigenvalue weighted by Crippen LogP contribution is -1.86. The largest absolute Gasteiger partial charge is 0.507 e. The van der Waals surface area contributed by atoms with Gasteiger partial charge in [0.25, 0.3) is 0 Å². The first-order valence-corrected chi connectivity index (χ1v) is 5.47. The van der Waals surface area contributed by atoms with Crippen LogP contribution in [0.4, 0.5) is 5.82 Å². The van der Waals surface area contributed by atoms with E-state index >= 15 is 0 Å². The zero-order valence-corrected chi connectivity index (χ0v) is 8.94. The van der Waals surface area contributed by atoms with Gasteiger partial charge in [0.2, 0.25) is 0 Å². The van der Waals surface area contributed by atoms with E-state index in [1.165, 1.54) is 0 Å². The summed E-state index contributed by atoms with van der Waals surface area (Å²) in [6, 6.07) is 9.77. The van der Waals surface area contributed by atoms with Crippen molar-refractivity contribution in [3.63, 3.8) is 0 Å². The van der Waals surface area contributed by atoms with E-state index in [0.29, 0.717) is 12.3 Å². The molecule has 4 nitrogen and oxygen atoms in total. The average molecular weight is 223 g/mol. The average Bonchev–Trinajstić information content (AvgIpc) is 2.92. The van der Waals surface area contributed by atoms with Gasteiger partial charge in [0.05, 0.1) is 12.2 Å². The molecule has 0 fully saturated rings. The second kappa shape index (κ2) is 2.85. The van der Waals surface area contributed by atoms with Crippen molar-refractivity contribution in [1.82, 2.24) is 4.98 Å². The molecule has 1 aliphatic carbocycles. The Morgan fingerprint density at radius 1 is 1.18 bits per heavy atom. The van der Waals surface area contributed by atoms with Gasteiger partial charge < -0.3 is 10.1 Å². The smallest absolute Gasteiger partial charge is 0.157 e. The predicted molar refractivity (Wildman–Crippen MR) is 64.8 cm³/mol. The third-order valence-corrected chi connectivity index (χ3v) is 3.25.